The van der Waals surface area contributed by atoms with Crippen molar-refractivity contribution in [1.29, 1.82) is 0 Å². The molecule has 12 heteroatoms. The van der Waals surface area contributed by atoms with Crippen molar-refractivity contribution < 1.29 is 27.1 Å². The fourth-order valence-corrected chi connectivity index (χ4v) is 4.10. The molecule has 0 bridgehead atoms. The van der Waals surface area contributed by atoms with Crippen LogP contribution in [0, 0.1) is 6.92 Å². The van der Waals surface area contributed by atoms with Gasteiger partial charge in [0.15, 0.2) is 0 Å². The standard InChI is InChI=1S/C24H24F4N6O2/c1-14-20(31-15(2)35)4-3-5-21(14)32-22-29-13-30-23(33-22)34-11-10-18(19(25)12-34)16-6-8-17(9-7-16)36-24(26,27)28/h3-9,13,18-19H,10-12H2,1-2H3,(H,31,35)(H,29,30,32,33)/t18-,19+/m1/s1. The lowest BCUT2D eigenvalue weighted by molar-refractivity contribution is -0.274. The minimum absolute atomic E-state index is 0.0198. The van der Waals surface area contributed by atoms with Crippen LogP contribution in [0.2, 0.25) is 0 Å². The van der Waals surface area contributed by atoms with Gasteiger partial charge in [-0.3, -0.25) is 4.79 Å². The van der Waals surface area contributed by atoms with Gasteiger partial charge >= 0.3 is 6.36 Å². The van der Waals surface area contributed by atoms with Gasteiger partial charge in [-0.25, -0.2) is 14.4 Å². The molecule has 1 aromatic heterocycles. The van der Waals surface area contributed by atoms with Crippen LogP contribution in [0.4, 0.5) is 40.8 Å². The molecule has 3 aromatic rings. The lowest BCUT2D eigenvalue weighted by Gasteiger charge is -2.35. The number of alkyl halides is 4. The molecule has 1 amide bonds. The highest BCUT2D eigenvalue weighted by atomic mass is 19.4. The van der Waals surface area contributed by atoms with E-state index in [0.29, 0.717) is 35.9 Å². The molecule has 0 aliphatic carbocycles. The summed E-state index contributed by atoms with van der Waals surface area (Å²) in [6.45, 7) is 3.74. The summed E-state index contributed by atoms with van der Waals surface area (Å²) in [5.41, 5.74) is 2.75. The second kappa shape index (κ2) is 10.3. The Morgan fingerprint density at radius 1 is 1.11 bits per heavy atom. The molecule has 4 rings (SSSR count). The van der Waals surface area contributed by atoms with Gasteiger partial charge in [-0.15, -0.1) is 13.2 Å². The molecule has 2 atom stereocenters. The van der Waals surface area contributed by atoms with Crippen molar-refractivity contribution in [2.75, 3.05) is 28.6 Å². The summed E-state index contributed by atoms with van der Waals surface area (Å²) in [7, 11) is 0. The van der Waals surface area contributed by atoms with Gasteiger partial charge in [0.25, 0.3) is 0 Å². The Hall–Kier alpha value is -3.96. The number of aromatic nitrogens is 3. The normalized spacial score (nSPS) is 18.0. The van der Waals surface area contributed by atoms with E-state index in [-0.39, 0.29) is 24.1 Å². The van der Waals surface area contributed by atoms with Crippen molar-refractivity contribution in [1.82, 2.24) is 15.0 Å². The number of nitrogens with one attached hydrogen (secondary N) is 2. The number of carbonyl (C=O) groups excluding carboxylic acids is 1. The van der Waals surface area contributed by atoms with Gasteiger partial charge in [0.05, 0.1) is 6.54 Å². The molecule has 1 aliphatic rings. The molecule has 2 aromatic carbocycles. The molecule has 36 heavy (non-hydrogen) atoms. The molecule has 0 spiro atoms. The van der Waals surface area contributed by atoms with Crippen LogP contribution in [-0.2, 0) is 4.79 Å². The van der Waals surface area contributed by atoms with Crippen LogP contribution in [0.5, 0.6) is 5.75 Å². The number of hydrogen-bond donors (Lipinski definition) is 2. The summed E-state index contributed by atoms with van der Waals surface area (Å²) >= 11 is 0. The SMILES string of the molecule is CC(=O)Nc1cccc(Nc2ncnc(N3CC[C@H](c4ccc(OC(F)(F)F)cc4)[C@@H](F)C3)n2)c1C. The summed E-state index contributed by atoms with van der Waals surface area (Å²) in [6, 6.07) is 10.7. The Kier molecular flexibility index (Phi) is 7.22. The van der Waals surface area contributed by atoms with Gasteiger partial charge in [0, 0.05) is 30.8 Å². The lowest BCUT2D eigenvalue weighted by Crippen LogP contribution is -2.41. The predicted octanol–water partition coefficient (Wildman–Crippen LogP) is 5.11. The van der Waals surface area contributed by atoms with Crippen LogP contribution in [0.15, 0.2) is 48.8 Å². The number of rotatable bonds is 6. The van der Waals surface area contributed by atoms with E-state index in [0.717, 1.165) is 5.56 Å². The Morgan fingerprint density at radius 2 is 1.83 bits per heavy atom. The first-order valence-corrected chi connectivity index (χ1v) is 11.2. The zero-order valence-corrected chi connectivity index (χ0v) is 19.5. The number of carbonyl (C=O) groups is 1. The second-order valence-electron chi connectivity index (χ2n) is 8.37. The summed E-state index contributed by atoms with van der Waals surface area (Å²) in [5.74, 6) is -0.437. The molecular weight excluding hydrogens is 480 g/mol. The number of nitrogens with zero attached hydrogens (tertiary/aromatic N) is 4. The highest BCUT2D eigenvalue weighted by Crippen LogP contribution is 2.34. The molecule has 1 aliphatic heterocycles. The quantitative estimate of drug-likeness (QED) is 0.451. The number of halogens is 4. The summed E-state index contributed by atoms with van der Waals surface area (Å²) in [5, 5.41) is 5.87. The first kappa shape index (κ1) is 25.1. The molecule has 2 heterocycles. The molecule has 0 saturated carbocycles. The Bertz CT molecular complexity index is 1220. The van der Waals surface area contributed by atoms with E-state index < -0.39 is 18.5 Å². The summed E-state index contributed by atoms with van der Waals surface area (Å²) in [4.78, 5) is 25.9. The maximum atomic E-state index is 15.1. The van der Waals surface area contributed by atoms with Gasteiger partial charge < -0.3 is 20.3 Å². The van der Waals surface area contributed by atoms with E-state index >= 15 is 4.39 Å². The van der Waals surface area contributed by atoms with Crippen molar-refractivity contribution in [3.8, 4) is 5.75 Å². The molecule has 1 fully saturated rings. The number of piperidine rings is 1. The van der Waals surface area contributed by atoms with E-state index in [2.05, 4.69) is 30.3 Å². The highest BCUT2D eigenvalue weighted by Gasteiger charge is 2.33. The minimum atomic E-state index is -4.78. The Balaban J connectivity index is 1.43. The predicted molar refractivity (Wildman–Crippen MR) is 126 cm³/mol. The molecule has 0 radical (unpaired) electrons. The number of amides is 1. The van der Waals surface area contributed by atoms with Crippen molar-refractivity contribution in [2.45, 2.75) is 38.7 Å². The van der Waals surface area contributed by atoms with Gasteiger partial charge in [0.2, 0.25) is 17.8 Å². The molecule has 8 nitrogen and oxygen atoms in total. The first-order chi connectivity index (χ1) is 17.1. The van der Waals surface area contributed by atoms with Gasteiger partial charge in [-0.1, -0.05) is 18.2 Å². The van der Waals surface area contributed by atoms with Crippen LogP contribution in [0.1, 0.15) is 30.4 Å². The van der Waals surface area contributed by atoms with Crippen molar-refractivity contribution in [2.24, 2.45) is 0 Å². The fraction of sp³-hybridized carbons (Fsp3) is 0.333. The number of anilines is 4. The first-order valence-electron chi connectivity index (χ1n) is 11.2. The Labute approximate surface area is 204 Å². The average molecular weight is 504 g/mol. The van der Waals surface area contributed by atoms with E-state index in [1.54, 1.807) is 17.0 Å². The smallest absolute Gasteiger partial charge is 0.406 e. The molecule has 190 valence electrons. The van der Waals surface area contributed by atoms with Crippen LogP contribution in [-0.4, -0.2) is 46.5 Å². The second-order valence-corrected chi connectivity index (χ2v) is 8.37. The molecule has 0 unspecified atom stereocenters. The summed E-state index contributed by atoms with van der Waals surface area (Å²) in [6.07, 6.45) is -4.30. The van der Waals surface area contributed by atoms with Crippen molar-refractivity contribution in [3.05, 3.63) is 59.9 Å². The third-order valence-corrected chi connectivity index (χ3v) is 5.82. The lowest BCUT2D eigenvalue weighted by atomic mass is 9.88. The maximum Gasteiger partial charge on any atom is 0.573 e. The number of ether oxygens (including phenoxy) is 1. The third-order valence-electron chi connectivity index (χ3n) is 5.82. The van der Waals surface area contributed by atoms with Crippen molar-refractivity contribution >= 4 is 29.2 Å². The van der Waals surface area contributed by atoms with E-state index in [1.807, 2.05) is 13.0 Å². The van der Waals surface area contributed by atoms with Crippen LogP contribution < -0.4 is 20.3 Å². The highest BCUT2D eigenvalue weighted by molar-refractivity contribution is 5.90. The van der Waals surface area contributed by atoms with Gasteiger partial charge in [-0.05, 0) is 48.7 Å². The zero-order valence-electron chi connectivity index (χ0n) is 19.5. The van der Waals surface area contributed by atoms with Crippen molar-refractivity contribution in [3.63, 3.8) is 0 Å². The minimum Gasteiger partial charge on any atom is -0.406 e. The largest absolute Gasteiger partial charge is 0.573 e. The molecule has 2 N–H and O–H groups in total. The number of benzene rings is 2. The van der Waals surface area contributed by atoms with Gasteiger partial charge in [-0.2, -0.15) is 4.98 Å². The van der Waals surface area contributed by atoms with Gasteiger partial charge in [0.1, 0.15) is 18.2 Å². The monoisotopic (exact) mass is 504 g/mol. The van der Waals surface area contributed by atoms with Crippen LogP contribution >= 0.6 is 0 Å². The molecular formula is C24H24F4N6O2. The van der Waals surface area contributed by atoms with Crippen LogP contribution in [0.3, 0.4) is 0 Å². The van der Waals surface area contributed by atoms with Crippen LogP contribution in [0.25, 0.3) is 0 Å². The average Bonchev–Trinajstić information content (AvgIpc) is 2.81. The maximum absolute atomic E-state index is 15.1. The van der Waals surface area contributed by atoms with E-state index in [4.69, 9.17) is 0 Å². The zero-order chi connectivity index (χ0) is 25.9. The topological polar surface area (TPSA) is 92.3 Å². The molecule has 1 saturated heterocycles. The van der Waals surface area contributed by atoms with E-state index in [1.165, 1.54) is 37.5 Å². The van der Waals surface area contributed by atoms with E-state index in [9.17, 15) is 18.0 Å². The number of hydrogen-bond acceptors (Lipinski definition) is 7. The summed E-state index contributed by atoms with van der Waals surface area (Å²) < 4.78 is 56.1. The third kappa shape index (κ3) is 6.18. The fourth-order valence-electron chi connectivity index (χ4n) is 4.10. The Morgan fingerprint density at radius 3 is 2.50 bits per heavy atom.